The van der Waals surface area contributed by atoms with Crippen LogP contribution in [0.15, 0.2) is 0 Å². The molecule has 0 aromatic rings. The summed E-state index contributed by atoms with van der Waals surface area (Å²) >= 11 is 0. The minimum absolute atomic E-state index is 0. The van der Waals surface area contributed by atoms with Crippen LogP contribution in [0.2, 0.25) is 0 Å². The maximum Gasteiger partial charge on any atom is 0.248 e. The predicted octanol–water partition coefficient (Wildman–Crippen LogP) is 0.800. The van der Waals surface area contributed by atoms with Gasteiger partial charge in [-0.25, -0.2) is 0 Å². The predicted molar refractivity (Wildman–Crippen MR) is 72.9 cm³/mol. The van der Waals surface area contributed by atoms with Gasteiger partial charge in [0, 0.05) is 32.8 Å². The lowest BCUT2D eigenvalue weighted by atomic mass is 9.99. The minimum atomic E-state index is 0. The number of hydrogen-bond acceptors (Lipinski definition) is 4. The molecule has 0 bridgehead atoms. The number of amides is 1. The van der Waals surface area contributed by atoms with E-state index >= 15 is 0 Å². The minimum Gasteiger partial charge on any atom is -0.381 e. The SMILES string of the molecule is CCCOCC(=O)N1CCC(OC)CC1CN.Cl. The Kier molecular flexibility index (Phi) is 9.36. The first-order valence-electron chi connectivity index (χ1n) is 6.33. The van der Waals surface area contributed by atoms with Gasteiger partial charge in [-0.1, -0.05) is 6.92 Å². The summed E-state index contributed by atoms with van der Waals surface area (Å²) in [6.45, 7) is 4.03. The van der Waals surface area contributed by atoms with Gasteiger partial charge in [-0.15, -0.1) is 12.4 Å². The van der Waals surface area contributed by atoms with Crippen LogP contribution >= 0.6 is 12.4 Å². The Labute approximate surface area is 115 Å². The Morgan fingerprint density at radius 3 is 2.78 bits per heavy atom. The largest absolute Gasteiger partial charge is 0.381 e. The van der Waals surface area contributed by atoms with Crippen molar-refractivity contribution < 1.29 is 14.3 Å². The molecule has 1 saturated heterocycles. The van der Waals surface area contributed by atoms with Crippen LogP contribution in [0.3, 0.4) is 0 Å². The number of piperidine rings is 1. The molecule has 1 heterocycles. The first-order chi connectivity index (χ1) is 8.22. The van der Waals surface area contributed by atoms with E-state index in [1.54, 1.807) is 7.11 Å². The van der Waals surface area contributed by atoms with Crippen molar-refractivity contribution in [2.45, 2.75) is 38.3 Å². The van der Waals surface area contributed by atoms with Gasteiger partial charge in [-0.3, -0.25) is 4.79 Å². The standard InChI is InChI=1S/C12H24N2O3.ClH/c1-3-6-17-9-12(15)14-5-4-11(16-2)7-10(14)8-13;/h10-11H,3-9,13H2,1-2H3;1H. The zero-order chi connectivity index (χ0) is 12.7. The molecule has 0 spiro atoms. The maximum absolute atomic E-state index is 11.9. The monoisotopic (exact) mass is 280 g/mol. The van der Waals surface area contributed by atoms with Crippen molar-refractivity contribution in [2.24, 2.45) is 5.73 Å². The smallest absolute Gasteiger partial charge is 0.248 e. The average Bonchev–Trinajstić information content (AvgIpc) is 2.38. The van der Waals surface area contributed by atoms with Crippen LogP contribution in [0.25, 0.3) is 0 Å². The molecule has 1 fully saturated rings. The average molecular weight is 281 g/mol. The fraction of sp³-hybridized carbons (Fsp3) is 0.917. The third kappa shape index (κ3) is 5.10. The number of likely N-dealkylation sites (tertiary alicyclic amines) is 1. The summed E-state index contributed by atoms with van der Waals surface area (Å²) in [4.78, 5) is 13.8. The number of nitrogens with zero attached hydrogens (tertiary/aromatic N) is 1. The summed E-state index contributed by atoms with van der Waals surface area (Å²) < 4.78 is 10.6. The molecule has 0 aliphatic carbocycles. The van der Waals surface area contributed by atoms with Gasteiger partial charge in [0.05, 0.1) is 6.10 Å². The van der Waals surface area contributed by atoms with Gasteiger partial charge in [0.2, 0.25) is 5.91 Å². The summed E-state index contributed by atoms with van der Waals surface area (Å²) in [6, 6.07) is 0.0893. The van der Waals surface area contributed by atoms with Gasteiger partial charge in [0.15, 0.2) is 0 Å². The van der Waals surface area contributed by atoms with Crippen molar-refractivity contribution in [3.63, 3.8) is 0 Å². The Balaban J connectivity index is 0.00000289. The third-order valence-electron chi connectivity index (χ3n) is 3.17. The number of hydrogen-bond donors (Lipinski definition) is 1. The highest BCUT2D eigenvalue weighted by Gasteiger charge is 2.30. The van der Waals surface area contributed by atoms with E-state index in [2.05, 4.69) is 0 Å². The molecule has 1 aliphatic rings. The summed E-state index contributed by atoms with van der Waals surface area (Å²) in [5.41, 5.74) is 5.71. The van der Waals surface area contributed by atoms with Gasteiger partial charge in [0.1, 0.15) is 6.61 Å². The first-order valence-corrected chi connectivity index (χ1v) is 6.33. The number of carbonyl (C=O) groups is 1. The highest BCUT2D eigenvalue weighted by atomic mass is 35.5. The number of carbonyl (C=O) groups excluding carboxylic acids is 1. The molecule has 18 heavy (non-hydrogen) atoms. The number of halogens is 1. The summed E-state index contributed by atoms with van der Waals surface area (Å²) in [5.74, 6) is 0.0449. The van der Waals surface area contributed by atoms with E-state index in [0.29, 0.717) is 19.7 Å². The molecule has 5 nitrogen and oxygen atoms in total. The van der Waals surface area contributed by atoms with Crippen molar-refractivity contribution in [2.75, 3.05) is 33.4 Å². The van der Waals surface area contributed by atoms with Crippen molar-refractivity contribution in [3.05, 3.63) is 0 Å². The molecule has 0 saturated carbocycles. The molecule has 1 rings (SSSR count). The topological polar surface area (TPSA) is 64.8 Å². The normalized spacial score (nSPS) is 23.6. The number of rotatable bonds is 6. The molecule has 108 valence electrons. The summed E-state index contributed by atoms with van der Waals surface area (Å²) in [5, 5.41) is 0. The van der Waals surface area contributed by atoms with E-state index in [4.69, 9.17) is 15.2 Å². The highest BCUT2D eigenvalue weighted by Crippen LogP contribution is 2.19. The molecule has 2 atom stereocenters. The lowest BCUT2D eigenvalue weighted by Crippen LogP contribution is -2.52. The second-order valence-corrected chi connectivity index (χ2v) is 4.41. The van der Waals surface area contributed by atoms with Crippen molar-refractivity contribution in [3.8, 4) is 0 Å². The van der Waals surface area contributed by atoms with E-state index in [1.165, 1.54) is 0 Å². The van der Waals surface area contributed by atoms with Gasteiger partial charge < -0.3 is 20.1 Å². The second kappa shape index (κ2) is 9.55. The number of ether oxygens (including phenoxy) is 2. The van der Waals surface area contributed by atoms with Crippen molar-refractivity contribution in [1.82, 2.24) is 4.90 Å². The van der Waals surface area contributed by atoms with Crippen molar-refractivity contribution in [1.29, 1.82) is 0 Å². The van der Waals surface area contributed by atoms with Crippen LogP contribution in [0.4, 0.5) is 0 Å². The quantitative estimate of drug-likeness (QED) is 0.731. The van der Waals surface area contributed by atoms with E-state index < -0.39 is 0 Å². The molecule has 2 unspecified atom stereocenters. The molecule has 1 amide bonds. The number of nitrogens with two attached hydrogens (primary N) is 1. The molecule has 2 N–H and O–H groups in total. The molecule has 1 aliphatic heterocycles. The molecule has 6 heteroatoms. The maximum atomic E-state index is 11.9. The van der Waals surface area contributed by atoms with Gasteiger partial charge >= 0.3 is 0 Å². The highest BCUT2D eigenvalue weighted by molar-refractivity contribution is 5.85. The third-order valence-corrected chi connectivity index (χ3v) is 3.17. The Morgan fingerprint density at radius 2 is 2.22 bits per heavy atom. The lowest BCUT2D eigenvalue weighted by Gasteiger charge is -2.38. The van der Waals surface area contributed by atoms with Crippen LogP contribution in [0.5, 0.6) is 0 Å². The number of methoxy groups -OCH3 is 1. The van der Waals surface area contributed by atoms with Gasteiger partial charge in [-0.2, -0.15) is 0 Å². The van der Waals surface area contributed by atoms with Gasteiger partial charge in [0.25, 0.3) is 0 Å². The van der Waals surface area contributed by atoms with Crippen LogP contribution in [0, 0.1) is 0 Å². The van der Waals surface area contributed by atoms with E-state index in [0.717, 1.165) is 19.3 Å². The van der Waals surface area contributed by atoms with Crippen LogP contribution in [0.1, 0.15) is 26.2 Å². The Morgan fingerprint density at radius 1 is 1.50 bits per heavy atom. The van der Waals surface area contributed by atoms with E-state index in [1.807, 2.05) is 11.8 Å². The Bertz CT molecular complexity index is 241. The molecule has 0 aromatic heterocycles. The summed E-state index contributed by atoms with van der Waals surface area (Å²) in [7, 11) is 1.71. The first kappa shape index (κ1) is 17.6. The molecular weight excluding hydrogens is 256 g/mol. The van der Waals surface area contributed by atoms with Gasteiger partial charge in [-0.05, 0) is 19.3 Å². The second-order valence-electron chi connectivity index (χ2n) is 4.41. The fourth-order valence-corrected chi connectivity index (χ4v) is 2.17. The van der Waals surface area contributed by atoms with E-state index in [9.17, 15) is 4.79 Å². The zero-order valence-corrected chi connectivity index (χ0v) is 12.1. The molecular formula is C12H25ClN2O3. The fourth-order valence-electron chi connectivity index (χ4n) is 2.17. The van der Waals surface area contributed by atoms with Crippen LogP contribution in [-0.2, 0) is 14.3 Å². The van der Waals surface area contributed by atoms with Crippen molar-refractivity contribution >= 4 is 18.3 Å². The molecule has 0 radical (unpaired) electrons. The van der Waals surface area contributed by atoms with Crippen LogP contribution < -0.4 is 5.73 Å². The van der Waals surface area contributed by atoms with Crippen LogP contribution in [-0.4, -0.2) is 56.4 Å². The molecule has 0 aromatic carbocycles. The Hall–Kier alpha value is -0.360. The lowest BCUT2D eigenvalue weighted by molar-refractivity contribution is -0.141. The summed E-state index contributed by atoms with van der Waals surface area (Å²) in [6.07, 6.45) is 2.86. The van der Waals surface area contributed by atoms with E-state index in [-0.39, 0.29) is 37.1 Å². The zero-order valence-electron chi connectivity index (χ0n) is 11.3.